The van der Waals surface area contributed by atoms with Crippen LogP contribution in [0, 0.1) is 12.3 Å². The lowest BCUT2D eigenvalue weighted by molar-refractivity contribution is -0.139. The molecule has 0 radical (unpaired) electrons. The second kappa shape index (κ2) is 7.35. The van der Waals surface area contributed by atoms with Gasteiger partial charge in [0.1, 0.15) is 5.75 Å². The summed E-state index contributed by atoms with van der Waals surface area (Å²) in [5.74, 6) is 0.944. The van der Waals surface area contributed by atoms with E-state index in [4.69, 9.17) is 16.3 Å². The average Bonchev–Trinajstić information content (AvgIpc) is 2.74. The molecule has 118 valence electrons. The lowest BCUT2D eigenvalue weighted by atomic mass is 10.2. The van der Waals surface area contributed by atoms with E-state index in [1.165, 1.54) is 6.08 Å². The molecule has 0 aromatic heterocycles. The number of carbonyl (C=O) groups excluding carboxylic acids is 2. The third-order valence-electron chi connectivity index (χ3n) is 2.73. The first-order chi connectivity index (χ1) is 10.9. The van der Waals surface area contributed by atoms with Crippen molar-refractivity contribution in [2.24, 2.45) is 0 Å². The number of terminal acetylenes is 1. The van der Waals surface area contributed by atoms with Crippen molar-refractivity contribution in [3.63, 3.8) is 0 Å². The van der Waals surface area contributed by atoms with Gasteiger partial charge in [0.2, 0.25) is 0 Å². The molecule has 0 spiro atoms. The molecule has 1 N–H and O–H groups in total. The lowest BCUT2D eigenvalue weighted by Gasteiger charge is -2.09. The van der Waals surface area contributed by atoms with Crippen molar-refractivity contribution in [3.8, 4) is 18.1 Å². The number of thioether (sulfide) groups is 1. The highest BCUT2D eigenvalue weighted by atomic mass is 79.9. The zero-order chi connectivity index (χ0) is 17.0. The molecule has 2 amide bonds. The molecule has 1 heterocycles. The van der Waals surface area contributed by atoms with Crippen LogP contribution in [0.4, 0.5) is 4.79 Å². The Bertz CT molecular complexity index is 753. The molecular formula is C15H10BrNO5S. The molecule has 0 unspecified atom stereocenters. The summed E-state index contributed by atoms with van der Waals surface area (Å²) < 4.78 is 5.90. The van der Waals surface area contributed by atoms with E-state index in [9.17, 15) is 14.4 Å². The molecule has 1 aromatic carbocycles. The summed E-state index contributed by atoms with van der Waals surface area (Å²) >= 11 is 4.06. The maximum Gasteiger partial charge on any atom is 0.341 e. The zero-order valence-electron chi connectivity index (χ0n) is 11.6. The molecule has 1 aliphatic heterocycles. The first-order valence-corrected chi connectivity index (χ1v) is 7.86. The highest BCUT2D eigenvalue weighted by molar-refractivity contribution is 9.10. The van der Waals surface area contributed by atoms with Crippen LogP contribution in [0.5, 0.6) is 5.75 Å². The number of carboxylic acids is 1. The summed E-state index contributed by atoms with van der Waals surface area (Å²) in [5.41, 5.74) is 0.479. The smallest absolute Gasteiger partial charge is 0.341 e. The van der Waals surface area contributed by atoms with Crippen LogP contribution in [0.2, 0.25) is 0 Å². The first kappa shape index (κ1) is 17.1. The fourth-order valence-corrected chi connectivity index (χ4v) is 2.98. The van der Waals surface area contributed by atoms with Crippen molar-refractivity contribution >= 4 is 50.9 Å². The number of amides is 2. The summed E-state index contributed by atoms with van der Waals surface area (Å²) in [6.07, 6.45) is 6.61. The fourth-order valence-electron chi connectivity index (χ4n) is 1.77. The van der Waals surface area contributed by atoms with Gasteiger partial charge >= 0.3 is 5.97 Å². The monoisotopic (exact) mass is 395 g/mol. The van der Waals surface area contributed by atoms with Crippen LogP contribution in [-0.4, -0.2) is 40.3 Å². The van der Waals surface area contributed by atoms with Crippen LogP contribution in [0.15, 0.2) is 27.6 Å². The number of hydrogen-bond donors (Lipinski definition) is 1. The largest absolute Gasteiger partial charge is 0.481 e. The maximum absolute atomic E-state index is 12.1. The summed E-state index contributed by atoms with van der Waals surface area (Å²) in [5, 5.41) is 8.25. The third-order valence-corrected chi connectivity index (χ3v) is 4.13. The number of carboxylic acid groups (broad SMARTS) is 1. The van der Waals surface area contributed by atoms with Gasteiger partial charge in [-0.05, 0) is 36.0 Å². The van der Waals surface area contributed by atoms with E-state index < -0.39 is 23.7 Å². The van der Waals surface area contributed by atoms with Crippen molar-refractivity contribution in [2.75, 3.05) is 13.2 Å². The normalized spacial score (nSPS) is 15.8. The summed E-state index contributed by atoms with van der Waals surface area (Å²) in [4.78, 5) is 35.7. The molecular weight excluding hydrogens is 386 g/mol. The van der Waals surface area contributed by atoms with Gasteiger partial charge in [0.05, 0.1) is 11.4 Å². The molecule has 1 saturated heterocycles. The second-order valence-corrected chi connectivity index (χ2v) is 6.25. The van der Waals surface area contributed by atoms with E-state index in [1.807, 2.05) is 0 Å². The van der Waals surface area contributed by atoms with Gasteiger partial charge in [-0.15, -0.1) is 6.42 Å². The Hall–Kier alpha value is -2.24. The summed E-state index contributed by atoms with van der Waals surface area (Å²) in [6.45, 7) is -0.607. The van der Waals surface area contributed by atoms with Crippen molar-refractivity contribution in [1.82, 2.24) is 4.90 Å². The van der Waals surface area contributed by atoms with E-state index in [0.29, 0.717) is 15.8 Å². The van der Waals surface area contributed by atoms with Crippen LogP contribution in [-0.2, 0) is 9.59 Å². The molecule has 1 aliphatic rings. The fraction of sp³-hybridized carbons (Fsp3) is 0.133. The molecule has 8 heteroatoms. The van der Waals surface area contributed by atoms with Gasteiger partial charge in [0.25, 0.3) is 11.1 Å². The van der Waals surface area contributed by atoms with Gasteiger partial charge in [-0.2, -0.15) is 0 Å². The molecule has 0 saturated carbocycles. The van der Waals surface area contributed by atoms with Crippen LogP contribution >= 0.6 is 27.7 Å². The number of rotatable bonds is 5. The SMILES string of the molecule is C#CCN1C(=O)S/C(=C/c2cc(Br)ccc2OCC(=O)O)C1=O. The minimum Gasteiger partial charge on any atom is -0.481 e. The Labute approximate surface area is 144 Å². The van der Waals surface area contributed by atoms with Crippen molar-refractivity contribution in [1.29, 1.82) is 0 Å². The Kier molecular flexibility index (Phi) is 5.47. The van der Waals surface area contributed by atoms with Gasteiger partial charge < -0.3 is 9.84 Å². The van der Waals surface area contributed by atoms with Crippen LogP contribution in [0.1, 0.15) is 5.56 Å². The Morgan fingerprint density at radius 3 is 2.87 bits per heavy atom. The Balaban J connectivity index is 2.33. The second-order valence-electron chi connectivity index (χ2n) is 4.34. The molecule has 23 heavy (non-hydrogen) atoms. The minimum atomic E-state index is -1.12. The number of aliphatic carboxylic acids is 1. The highest BCUT2D eigenvalue weighted by Crippen LogP contribution is 2.34. The quantitative estimate of drug-likeness (QED) is 0.609. The van der Waals surface area contributed by atoms with Gasteiger partial charge in [-0.3, -0.25) is 14.5 Å². The third kappa shape index (κ3) is 4.15. The molecule has 0 atom stereocenters. The topological polar surface area (TPSA) is 83.9 Å². The highest BCUT2D eigenvalue weighted by Gasteiger charge is 2.34. The number of nitrogens with zero attached hydrogens (tertiary/aromatic N) is 1. The standard InChI is InChI=1S/C15H10BrNO5S/c1-2-5-17-14(20)12(23-15(17)21)7-9-6-10(16)3-4-11(9)22-8-13(18)19/h1,3-4,6-7H,5,8H2,(H,18,19)/b12-7+. The van der Waals surface area contributed by atoms with E-state index in [-0.39, 0.29) is 11.4 Å². The molecule has 1 aromatic rings. The molecule has 0 bridgehead atoms. The lowest BCUT2D eigenvalue weighted by Crippen LogP contribution is -2.28. The molecule has 2 rings (SSSR count). The van der Waals surface area contributed by atoms with E-state index in [2.05, 4.69) is 21.9 Å². The average molecular weight is 396 g/mol. The van der Waals surface area contributed by atoms with Gasteiger partial charge in [0, 0.05) is 10.0 Å². The number of imide groups is 1. The number of ether oxygens (including phenoxy) is 1. The summed E-state index contributed by atoms with van der Waals surface area (Å²) in [7, 11) is 0. The van der Waals surface area contributed by atoms with E-state index in [0.717, 1.165) is 16.7 Å². The number of halogens is 1. The number of hydrogen-bond acceptors (Lipinski definition) is 5. The van der Waals surface area contributed by atoms with Crippen molar-refractivity contribution in [3.05, 3.63) is 33.1 Å². The predicted molar refractivity (Wildman–Crippen MR) is 88.8 cm³/mol. The van der Waals surface area contributed by atoms with Gasteiger partial charge in [-0.1, -0.05) is 21.9 Å². The van der Waals surface area contributed by atoms with Crippen LogP contribution in [0.3, 0.4) is 0 Å². The maximum atomic E-state index is 12.1. The van der Waals surface area contributed by atoms with Crippen LogP contribution < -0.4 is 4.74 Å². The number of carbonyl (C=O) groups is 3. The van der Waals surface area contributed by atoms with Crippen LogP contribution in [0.25, 0.3) is 6.08 Å². The first-order valence-electron chi connectivity index (χ1n) is 6.25. The van der Waals surface area contributed by atoms with Crippen molar-refractivity contribution < 1.29 is 24.2 Å². The number of benzene rings is 1. The Morgan fingerprint density at radius 1 is 1.48 bits per heavy atom. The molecule has 6 nitrogen and oxygen atoms in total. The zero-order valence-corrected chi connectivity index (χ0v) is 14.0. The predicted octanol–water partition coefficient (Wildman–Crippen LogP) is 2.58. The minimum absolute atomic E-state index is 0.0944. The Morgan fingerprint density at radius 2 is 2.22 bits per heavy atom. The van der Waals surface area contributed by atoms with Gasteiger partial charge in [0.15, 0.2) is 6.61 Å². The van der Waals surface area contributed by atoms with E-state index >= 15 is 0 Å². The molecule has 0 aliphatic carbocycles. The summed E-state index contributed by atoms with van der Waals surface area (Å²) in [6, 6.07) is 4.91. The van der Waals surface area contributed by atoms with Gasteiger partial charge in [-0.25, -0.2) is 4.79 Å². The molecule has 1 fully saturated rings. The van der Waals surface area contributed by atoms with Crippen molar-refractivity contribution in [2.45, 2.75) is 0 Å². The van der Waals surface area contributed by atoms with E-state index in [1.54, 1.807) is 18.2 Å².